The van der Waals surface area contributed by atoms with Crippen LogP contribution in [0.5, 0.6) is 0 Å². The van der Waals surface area contributed by atoms with E-state index in [0.717, 1.165) is 29.6 Å². The molecule has 1 aliphatic rings. The molecule has 3 rings (SSSR count). The summed E-state index contributed by atoms with van der Waals surface area (Å²) in [6.07, 6.45) is 5.37. The van der Waals surface area contributed by atoms with Gasteiger partial charge in [0.15, 0.2) is 0 Å². The van der Waals surface area contributed by atoms with E-state index in [1.165, 1.54) is 19.3 Å². The summed E-state index contributed by atoms with van der Waals surface area (Å²) < 4.78 is 0. The Bertz CT molecular complexity index is 548. The van der Waals surface area contributed by atoms with E-state index in [1.54, 1.807) is 0 Å². The number of β-amino-alcohol motifs (C(OH)–C–C–N with tert-alkyl or cyclic N) is 1. The van der Waals surface area contributed by atoms with Crippen molar-refractivity contribution in [2.75, 3.05) is 13.1 Å². The SMILES string of the molecule is C[C@@H]1CCCCN1C[C@H](O)c1c[nH]c2ccccc12. The van der Waals surface area contributed by atoms with Gasteiger partial charge in [-0.15, -0.1) is 0 Å². The minimum absolute atomic E-state index is 0.406. The molecule has 0 amide bonds. The highest BCUT2D eigenvalue weighted by atomic mass is 16.3. The zero-order valence-electron chi connectivity index (χ0n) is 11.5. The van der Waals surface area contributed by atoms with Crippen LogP contribution in [0.3, 0.4) is 0 Å². The van der Waals surface area contributed by atoms with E-state index in [2.05, 4.69) is 28.9 Å². The van der Waals surface area contributed by atoms with Crippen molar-refractivity contribution >= 4 is 10.9 Å². The molecular formula is C16H22N2O. The lowest BCUT2D eigenvalue weighted by molar-refractivity contribution is 0.0740. The van der Waals surface area contributed by atoms with Gasteiger partial charge in [-0.2, -0.15) is 0 Å². The molecule has 0 aliphatic carbocycles. The number of piperidine rings is 1. The van der Waals surface area contributed by atoms with Crippen LogP contribution in [0.25, 0.3) is 10.9 Å². The van der Waals surface area contributed by atoms with Crippen molar-refractivity contribution in [2.24, 2.45) is 0 Å². The molecule has 102 valence electrons. The molecular weight excluding hydrogens is 236 g/mol. The Kier molecular flexibility index (Phi) is 3.58. The quantitative estimate of drug-likeness (QED) is 0.888. The van der Waals surface area contributed by atoms with Crippen molar-refractivity contribution in [3.05, 3.63) is 36.0 Å². The Hall–Kier alpha value is -1.32. The Morgan fingerprint density at radius 2 is 2.21 bits per heavy atom. The van der Waals surface area contributed by atoms with E-state index < -0.39 is 6.10 Å². The van der Waals surface area contributed by atoms with Gasteiger partial charge in [0.25, 0.3) is 0 Å². The van der Waals surface area contributed by atoms with Crippen LogP contribution in [-0.4, -0.2) is 34.1 Å². The summed E-state index contributed by atoms with van der Waals surface area (Å²) in [5.41, 5.74) is 2.12. The Morgan fingerprint density at radius 3 is 3.05 bits per heavy atom. The number of hydrogen-bond acceptors (Lipinski definition) is 2. The number of benzene rings is 1. The zero-order valence-corrected chi connectivity index (χ0v) is 11.5. The third-order valence-electron chi connectivity index (χ3n) is 4.33. The predicted molar refractivity (Wildman–Crippen MR) is 78.1 cm³/mol. The lowest BCUT2D eigenvalue weighted by Crippen LogP contribution is -2.40. The highest BCUT2D eigenvalue weighted by Gasteiger charge is 2.22. The van der Waals surface area contributed by atoms with Crippen molar-refractivity contribution in [2.45, 2.75) is 38.3 Å². The molecule has 0 radical (unpaired) electrons. The molecule has 1 aromatic carbocycles. The molecule has 1 saturated heterocycles. The van der Waals surface area contributed by atoms with Crippen LogP contribution < -0.4 is 0 Å². The molecule has 2 aromatic rings. The molecule has 2 atom stereocenters. The third-order valence-corrected chi connectivity index (χ3v) is 4.33. The highest BCUT2D eigenvalue weighted by Crippen LogP contribution is 2.26. The molecule has 0 saturated carbocycles. The smallest absolute Gasteiger partial charge is 0.0937 e. The first-order valence-electron chi connectivity index (χ1n) is 7.24. The van der Waals surface area contributed by atoms with E-state index in [0.29, 0.717) is 6.04 Å². The van der Waals surface area contributed by atoms with Crippen LogP contribution >= 0.6 is 0 Å². The van der Waals surface area contributed by atoms with Crippen LogP contribution in [0, 0.1) is 0 Å². The Balaban J connectivity index is 1.78. The predicted octanol–water partition coefficient (Wildman–Crippen LogP) is 3.08. The summed E-state index contributed by atoms with van der Waals surface area (Å²) in [5.74, 6) is 0. The fraction of sp³-hybridized carbons (Fsp3) is 0.500. The summed E-state index contributed by atoms with van der Waals surface area (Å²) in [4.78, 5) is 5.65. The molecule has 3 nitrogen and oxygen atoms in total. The summed E-state index contributed by atoms with van der Waals surface area (Å²) in [6.45, 7) is 4.12. The van der Waals surface area contributed by atoms with Gasteiger partial charge in [-0.25, -0.2) is 0 Å². The van der Waals surface area contributed by atoms with E-state index in [4.69, 9.17) is 0 Å². The van der Waals surface area contributed by atoms with Gasteiger partial charge >= 0.3 is 0 Å². The monoisotopic (exact) mass is 258 g/mol. The summed E-state index contributed by atoms with van der Waals surface area (Å²) in [6, 6.07) is 8.75. The number of nitrogens with one attached hydrogen (secondary N) is 1. The maximum absolute atomic E-state index is 10.5. The topological polar surface area (TPSA) is 39.3 Å². The molecule has 1 fully saturated rings. The van der Waals surface area contributed by atoms with Crippen molar-refractivity contribution in [3.63, 3.8) is 0 Å². The summed E-state index contributed by atoms with van der Waals surface area (Å²) >= 11 is 0. The number of rotatable bonds is 3. The fourth-order valence-corrected chi connectivity index (χ4v) is 3.12. The molecule has 1 aliphatic heterocycles. The number of aliphatic hydroxyl groups is 1. The fourth-order valence-electron chi connectivity index (χ4n) is 3.12. The normalized spacial score (nSPS) is 22.7. The molecule has 3 heteroatoms. The number of aliphatic hydroxyl groups excluding tert-OH is 1. The Morgan fingerprint density at radius 1 is 1.37 bits per heavy atom. The van der Waals surface area contributed by atoms with Gasteiger partial charge in [-0.3, -0.25) is 4.90 Å². The van der Waals surface area contributed by atoms with Crippen molar-refractivity contribution < 1.29 is 5.11 Å². The second-order valence-corrected chi connectivity index (χ2v) is 5.65. The van der Waals surface area contributed by atoms with Crippen LogP contribution in [0.1, 0.15) is 37.9 Å². The lowest BCUT2D eigenvalue weighted by atomic mass is 10.0. The largest absolute Gasteiger partial charge is 0.387 e. The number of hydrogen-bond donors (Lipinski definition) is 2. The van der Waals surface area contributed by atoms with Crippen LogP contribution in [0.2, 0.25) is 0 Å². The van der Waals surface area contributed by atoms with Crippen molar-refractivity contribution in [1.29, 1.82) is 0 Å². The lowest BCUT2D eigenvalue weighted by Gasteiger charge is -2.34. The standard InChI is InChI=1S/C16H22N2O/c1-12-6-4-5-9-18(12)11-16(19)14-10-17-15-8-3-2-7-13(14)15/h2-3,7-8,10,12,16-17,19H,4-6,9,11H2,1H3/t12-,16+/m1/s1. The van der Waals surface area contributed by atoms with E-state index in [1.807, 2.05) is 18.3 Å². The van der Waals surface area contributed by atoms with Crippen LogP contribution in [0.4, 0.5) is 0 Å². The molecule has 2 heterocycles. The maximum atomic E-state index is 10.5. The van der Waals surface area contributed by atoms with Crippen LogP contribution in [0.15, 0.2) is 30.5 Å². The van der Waals surface area contributed by atoms with Gasteiger partial charge in [0, 0.05) is 35.2 Å². The molecule has 0 unspecified atom stereocenters. The van der Waals surface area contributed by atoms with Gasteiger partial charge < -0.3 is 10.1 Å². The summed E-state index contributed by atoms with van der Waals surface area (Å²) in [5, 5.41) is 11.7. The first kappa shape index (κ1) is 12.7. The Labute approximate surface area is 114 Å². The van der Waals surface area contributed by atoms with Crippen molar-refractivity contribution in [1.82, 2.24) is 9.88 Å². The van der Waals surface area contributed by atoms with E-state index in [-0.39, 0.29) is 0 Å². The molecule has 1 aromatic heterocycles. The van der Waals surface area contributed by atoms with Crippen molar-refractivity contribution in [3.8, 4) is 0 Å². The van der Waals surface area contributed by atoms with Gasteiger partial charge in [0.05, 0.1) is 6.10 Å². The third kappa shape index (κ3) is 2.53. The van der Waals surface area contributed by atoms with E-state index in [9.17, 15) is 5.11 Å². The minimum Gasteiger partial charge on any atom is -0.387 e. The van der Waals surface area contributed by atoms with Gasteiger partial charge in [0.2, 0.25) is 0 Å². The average Bonchev–Trinajstić information content (AvgIpc) is 2.85. The second-order valence-electron chi connectivity index (χ2n) is 5.65. The summed E-state index contributed by atoms with van der Waals surface area (Å²) in [7, 11) is 0. The number of aromatic nitrogens is 1. The van der Waals surface area contributed by atoms with E-state index >= 15 is 0 Å². The second kappa shape index (κ2) is 5.35. The average molecular weight is 258 g/mol. The number of likely N-dealkylation sites (tertiary alicyclic amines) is 1. The highest BCUT2D eigenvalue weighted by molar-refractivity contribution is 5.83. The molecule has 2 N–H and O–H groups in total. The first-order valence-corrected chi connectivity index (χ1v) is 7.24. The first-order chi connectivity index (χ1) is 9.25. The number of aromatic amines is 1. The number of fused-ring (bicyclic) bond motifs is 1. The minimum atomic E-state index is -0.406. The van der Waals surface area contributed by atoms with Gasteiger partial charge in [0.1, 0.15) is 0 Å². The molecule has 0 spiro atoms. The maximum Gasteiger partial charge on any atom is 0.0937 e. The zero-order chi connectivity index (χ0) is 13.2. The number of para-hydroxylation sites is 1. The molecule has 19 heavy (non-hydrogen) atoms. The molecule has 0 bridgehead atoms. The number of H-pyrrole nitrogens is 1. The number of nitrogens with zero attached hydrogens (tertiary/aromatic N) is 1. The van der Waals surface area contributed by atoms with Gasteiger partial charge in [-0.1, -0.05) is 24.6 Å². The van der Waals surface area contributed by atoms with Gasteiger partial charge in [-0.05, 0) is 32.4 Å². The van der Waals surface area contributed by atoms with Crippen LogP contribution in [-0.2, 0) is 0 Å².